The number of aliphatic carboxylic acids is 1. The number of carbonyl (C=O) groups is 2. The number of amides is 1. The topological polar surface area (TPSA) is 102 Å². The van der Waals surface area contributed by atoms with Crippen LogP contribution in [0.5, 0.6) is 0 Å². The van der Waals surface area contributed by atoms with Gasteiger partial charge in [0.2, 0.25) is 0 Å². The van der Waals surface area contributed by atoms with Crippen molar-refractivity contribution >= 4 is 12.1 Å². The van der Waals surface area contributed by atoms with Crippen molar-refractivity contribution in [3.8, 4) is 0 Å². The number of carboxylic acid groups (broad SMARTS) is 1. The summed E-state index contributed by atoms with van der Waals surface area (Å²) in [4.78, 5) is 22.8. The van der Waals surface area contributed by atoms with Crippen LogP contribution >= 0.6 is 0 Å². The van der Waals surface area contributed by atoms with Crippen LogP contribution in [-0.4, -0.2) is 34.9 Å². The Balaban J connectivity index is 2.55. The molecule has 0 spiro atoms. The zero-order chi connectivity index (χ0) is 14.8. The molecule has 0 aliphatic heterocycles. The average molecular weight is 272 g/mol. The quantitative estimate of drug-likeness (QED) is 0.706. The molecule has 1 amide bonds. The zero-order valence-electron chi connectivity index (χ0n) is 12.0. The fourth-order valence-electron chi connectivity index (χ4n) is 2.29. The Bertz CT molecular complexity index is 364. The van der Waals surface area contributed by atoms with Crippen LogP contribution in [0.25, 0.3) is 0 Å². The highest BCUT2D eigenvalue weighted by Crippen LogP contribution is 2.35. The van der Waals surface area contributed by atoms with E-state index in [9.17, 15) is 9.59 Å². The monoisotopic (exact) mass is 272 g/mol. The molecule has 3 atom stereocenters. The Hall–Kier alpha value is -1.30. The second kappa shape index (κ2) is 5.36. The Morgan fingerprint density at radius 2 is 2.00 bits per heavy atom. The number of nitrogens with one attached hydrogen (secondary N) is 1. The van der Waals surface area contributed by atoms with Crippen LogP contribution in [0.3, 0.4) is 0 Å². The lowest BCUT2D eigenvalue weighted by Crippen LogP contribution is -2.55. The molecule has 0 aromatic heterocycles. The largest absolute Gasteiger partial charge is 0.481 e. The molecule has 1 aliphatic rings. The van der Waals surface area contributed by atoms with Crippen molar-refractivity contribution in [1.29, 1.82) is 0 Å². The van der Waals surface area contributed by atoms with Gasteiger partial charge in [-0.05, 0) is 47.0 Å². The molecule has 1 saturated carbocycles. The number of rotatable bonds is 2. The molecule has 1 rings (SSSR count). The van der Waals surface area contributed by atoms with Crippen molar-refractivity contribution in [2.24, 2.45) is 11.1 Å². The maximum atomic E-state index is 11.7. The molecule has 0 saturated heterocycles. The number of hydrogen-bond donors (Lipinski definition) is 3. The number of hydrogen-bond acceptors (Lipinski definition) is 4. The van der Waals surface area contributed by atoms with Gasteiger partial charge in [-0.2, -0.15) is 0 Å². The van der Waals surface area contributed by atoms with Crippen molar-refractivity contribution in [3.63, 3.8) is 0 Å². The summed E-state index contributed by atoms with van der Waals surface area (Å²) in [6, 6.07) is -0.607. The van der Waals surface area contributed by atoms with Gasteiger partial charge < -0.3 is 20.9 Å². The lowest BCUT2D eigenvalue weighted by Gasteiger charge is -2.38. The third-order valence-corrected chi connectivity index (χ3v) is 3.43. The maximum Gasteiger partial charge on any atom is 0.407 e. The van der Waals surface area contributed by atoms with Crippen molar-refractivity contribution in [1.82, 2.24) is 5.32 Å². The van der Waals surface area contributed by atoms with Gasteiger partial charge in [0, 0.05) is 12.1 Å². The van der Waals surface area contributed by atoms with Crippen LogP contribution in [0.15, 0.2) is 0 Å². The first kappa shape index (κ1) is 15.8. The smallest absolute Gasteiger partial charge is 0.407 e. The predicted octanol–water partition coefficient (Wildman–Crippen LogP) is 1.48. The molecule has 4 N–H and O–H groups in total. The number of nitrogens with two attached hydrogens (primary N) is 1. The van der Waals surface area contributed by atoms with Crippen molar-refractivity contribution in [2.75, 3.05) is 0 Å². The number of carbonyl (C=O) groups excluding carboxylic acids is 1. The molecular weight excluding hydrogens is 248 g/mol. The Morgan fingerprint density at radius 1 is 1.42 bits per heavy atom. The summed E-state index contributed by atoms with van der Waals surface area (Å²) in [5.41, 5.74) is 4.61. The normalized spacial score (nSPS) is 31.6. The van der Waals surface area contributed by atoms with E-state index in [2.05, 4.69) is 5.32 Å². The lowest BCUT2D eigenvalue weighted by molar-refractivity contribution is -0.150. The van der Waals surface area contributed by atoms with E-state index >= 15 is 0 Å². The second-order valence-electron chi connectivity index (χ2n) is 6.53. The number of carboxylic acids is 1. The number of ether oxygens (including phenoxy) is 1. The predicted molar refractivity (Wildman–Crippen MR) is 70.7 cm³/mol. The molecule has 0 aromatic carbocycles. The van der Waals surface area contributed by atoms with E-state index in [1.807, 2.05) is 0 Å². The Kier molecular flexibility index (Phi) is 4.45. The summed E-state index contributed by atoms with van der Waals surface area (Å²) < 4.78 is 5.17. The first-order valence-electron chi connectivity index (χ1n) is 6.52. The van der Waals surface area contributed by atoms with E-state index < -0.39 is 23.1 Å². The number of alkyl carbamates (subject to hydrolysis) is 1. The van der Waals surface area contributed by atoms with Crippen LogP contribution < -0.4 is 11.1 Å². The van der Waals surface area contributed by atoms with Crippen LogP contribution in [0, 0.1) is 5.41 Å². The van der Waals surface area contributed by atoms with E-state index in [-0.39, 0.29) is 12.1 Å². The highest BCUT2D eigenvalue weighted by molar-refractivity contribution is 5.74. The van der Waals surface area contributed by atoms with Gasteiger partial charge >= 0.3 is 12.1 Å². The van der Waals surface area contributed by atoms with Gasteiger partial charge in [-0.3, -0.25) is 4.79 Å². The van der Waals surface area contributed by atoms with E-state index in [1.165, 1.54) is 0 Å². The van der Waals surface area contributed by atoms with Gasteiger partial charge in [-0.15, -0.1) is 0 Å². The highest BCUT2D eigenvalue weighted by Gasteiger charge is 2.42. The maximum absolute atomic E-state index is 11.7. The summed E-state index contributed by atoms with van der Waals surface area (Å²) in [5.74, 6) is -0.835. The van der Waals surface area contributed by atoms with E-state index in [0.29, 0.717) is 19.3 Å². The third kappa shape index (κ3) is 4.38. The second-order valence-corrected chi connectivity index (χ2v) is 6.53. The molecular formula is C13H24N2O4. The van der Waals surface area contributed by atoms with Gasteiger partial charge in [-0.1, -0.05) is 0 Å². The first-order chi connectivity index (χ1) is 8.53. The first-order valence-corrected chi connectivity index (χ1v) is 6.52. The molecule has 0 unspecified atom stereocenters. The van der Waals surface area contributed by atoms with Crippen LogP contribution in [0.2, 0.25) is 0 Å². The molecule has 0 aromatic rings. The van der Waals surface area contributed by atoms with Gasteiger partial charge in [0.15, 0.2) is 0 Å². The molecule has 0 radical (unpaired) electrons. The molecule has 19 heavy (non-hydrogen) atoms. The van der Waals surface area contributed by atoms with Gasteiger partial charge in [0.1, 0.15) is 5.60 Å². The van der Waals surface area contributed by atoms with Crippen molar-refractivity contribution < 1.29 is 19.4 Å². The molecule has 1 fully saturated rings. The SMILES string of the molecule is CC(C)(C)OC(=O)N[C@H]1CC[C@@](C)(C(=O)O)C[C@H]1N. The van der Waals surface area contributed by atoms with Crippen molar-refractivity contribution in [2.45, 2.75) is 64.6 Å². The molecule has 6 heteroatoms. The molecule has 0 heterocycles. The molecule has 110 valence electrons. The van der Waals surface area contributed by atoms with Crippen LogP contribution in [0.1, 0.15) is 47.0 Å². The van der Waals surface area contributed by atoms with E-state index in [1.54, 1.807) is 27.7 Å². The van der Waals surface area contributed by atoms with Gasteiger partial charge in [0.25, 0.3) is 0 Å². The minimum Gasteiger partial charge on any atom is -0.481 e. The highest BCUT2D eigenvalue weighted by atomic mass is 16.6. The summed E-state index contributed by atoms with van der Waals surface area (Å²) in [6.45, 7) is 7.05. The van der Waals surface area contributed by atoms with Crippen LogP contribution in [-0.2, 0) is 9.53 Å². The molecule has 0 bridgehead atoms. The summed E-state index contributed by atoms with van der Waals surface area (Å²) in [5, 5.41) is 11.9. The van der Waals surface area contributed by atoms with E-state index in [0.717, 1.165) is 0 Å². The van der Waals surface area contributed by atoms with Gasteiger partial charge in [-0.25, -0.2) is 4.79 Å². The third-order valence-electron chi connectivity index (χ3n) is 3.43. The van der Waals surface area contributed by atoms with E-state index in [4.69, 9.17) is 15.6 Å². The lowest BCUT2D eigenvalue weighted by atomic mass is 9.72. The summed E-state index contributed by atoms with van der Waals surface area (Å²) >= 11 is 0. The van der Waals surface area contributed by atoms with Crippen LogP contribution in [0.4, 0.5) is 4.79 Å². The summed E-state index contributed by atoms with van der Waals surface area (Å²) in [6.07, 6.45) is 0.884. The van der Waals surface area contributed by atoms with Crippen molar-refractivity contribution in [3.05, 3.63) is 0 Å². The molecule has 1 aliphatic carbocycles. The standard InChI is InChI=1S/C13H24N2O4/c1-12(2,3)19-11(18)15-9-5-6-13(4,10(16)17)7-8(9)14/h8-9H,5-7,14H2,1-4H3,(H,15,18)(H,16,17)/t8-,9+,13-/m1/s1. The fourth-order valence-corrected chi connectivity index (χ4v) is 2.29. The Labute approximate surface area is 113 Å². The molecule has 6 nitrogen and oxygen atoms in total. The fraction of sp³-hybridized carbons (Fsp3) is 0.846. The average Bonchev–Trinajstić information content (AvgIpc) is 2.19. The zero-order valence-corrected chi connectivity index (χ0v) is 12.0. The van der Waals surface area contributed by atoms with Gasteiger partial charge in [0.05, 0.1) is 5.41 Å². The minimum absolute atomic E-state index is 0.234. The summed E-state index contributed by atoms with van der Waals surface area (Å²) in [7, 11) is 0. The minimum atomic E-state index is -0.835. The Morgan fingerprint density at radius 3 is 2.42 bits per heavy atom.